The number of nitrogens with zero attached hydrogens (tertiary/aromatic N) is 2. The zero-order valence-electron chi connectivity index (χ0n) is 11.3. The Bertz CT molecular complexity index is 583. The maximum Gasteiger partial charge on any atom is 0.139 e. The number of rotatable bonds is 3. The second-order valence-corrected chi connectivity index (χ2v) is 5.60. The summed E-state index contributed by atoms with van der Waals surface area (Å²) in [5.41, 5.74) is 1.77. The van der Waals surface area contributed by atoms with E-state index in [0.29, 0.717) is 11.2 Å². The van der Waals surface area contributed by atoms with E-state index in [1.54, 1.807) is 0 Å². The maximum absolute atomic E-state index is 6.20. The minimum Gasteiger partial charge on any atom is -0.328 e. The van der Waals surface area contributed by atoms with Crippen molar-refractivity contribution in [3.63, 3.8) is 0 Å². The Morgan fingerprint density at radius 1 is 1.15 bits per heavy atom. The van der Waals surface area contributed by atoms with Crippen molar-refractivity contribution in [1.29, 1.82) is 0 Å². The molecule has 1 aromatic carbocycles. The molecule has 1 aliphatic carbocycles. The van der Waals surface area contributed by atoms with Gasteiger partial charge in [-0.1, -0.05) is 61.2 Å². The van der Waals surface area contributed by atoms with Gasteiger partial charge in [-0.2, -0.15) is 0 Å². The molecule has 3 rings (SSSR count). The van der Waals surface area contributed by atoms with Crippen molar-refractivity contribution < 1.29 is 0 Å². The largest absolute Gasteiger partial charge is 0.328 e. The number of halogens is 1. The Morgan fingerprint density at radius 2 is 1.90 bits per heavy atom. The van der Waals surface area contributed by atoms with E-state index in [0.717, 1.165) is 17.1 Å². The Hall–Kier alpha value is -1.61. The molecular formula is C16H18ClN3. The standard InChI is InChI=1S/C16H18ClN3/c17-15-14(11-18-13-9-5-2-6-10-13)19-16(20-15)12-7-3-1-4-8-12/h1,3-4,7-8,11,13H,2,5-6,9-10H2,(H,19,20). The molecule has 0 saturated heterocycles. The zero-order chi connectivity index (χ0) is 13.8. The molecule has 1 fully saturated rings. The van der Waals surface area contributed by atoms with Crippen molar-refractivity contribution in [3.8, 4) is 11.4 Å². The molecule has 0 amide bonds. The van der Waals surface area contributed by atoms with E-state index in [-0.39, 0.29) is 0 Å². The van der Waals surface area contributed by atoms with Gasteiger partial charge in [-0.25, -0.2) is 4.98 Å². The topological polar surface area (TPSA) is 41.0 Å². The Balaban J connectivity index is 1.77. The number of aliphatic imine (C=N–C) groups is 1. The summed E-state index contributed by atoms with van der Waals surface area (Å²) in [7, 11) is 0. The maximum atomic E-state index is 6.20. The van der Waals surface area contributed by atoms with Crippen LogP contribution in [-0.4, -0.2) is 22.2 Å². The predicted octanol–water partition coefficient (Wildman–Crippen LogP) is 4.48. The van der Waals surface area contributed by atoms with Gasteiger partial charge >= 0.3 is 0 Å². The van der Waals surface area contributed by atoms with E-state index in [9.17, 15) is 0 Å². The lowest BCUT2D eigenvalue weighted by Crippen LogP contribution is -2.09. The first-order valence-electron chi connectivity index (χ1n) is 7.17. The summed E-state index contributed by atoms with van der Waals surface area (Å²) >= 11 is 6.20. The van der Waals surface area contributed by atoms with Crippen molar-refractivity contribution in [2.75, 3.05) is 0 Å². The number of hydrogen-bond donors (Lipinski definition) is 1. The first kappa shape index (κ1) is 13.4. The fraction of sp³-hybridized carbons (Fsp3) is 0.375. The van der Waals surface area contributed by atoms with E-state index in [4.69, 9.17) is 11.6 Å². The number of H-pyrrole nitrogens is 1. The number of aromatic amines is 1. The molecule has 104 valence electrons. The lowest BCUT2D eigenvalue weighted by molar-refractivity contribution is 0.444. The molecule has 1 aliphatic rings. The summed E-state index contributed by atoms with van der Waals surface area (Å²) in [5.74, 6) is 0.792. The highest BCUT2D eigenvalue weighted by Crippen LogP contribution is 2.22. The first-order valence-corrected chi connectivity index (χ1v) is 7.55. The quantitative estimate of drug-likeness (QED) is 0.831. The Morgan fingerprint density at radius 3 is 2.65 bits per heavy atom. The van der Waals surface area contributed by atoms with Gasteiger partial charge in [0.05, 0.1) is 12.3 Å². The van der Waals surface area contributed by atoms with Crippen molar-refractivity contribution in [2.45, 2.75) is 38.1 Å². The van der Waals surface area contributed by atoms with Gasteiger partial charge in [-0.05, 0) is 12.8 Å². The fourth-order valence-electron chi connectivity index (χ4n) is 2.59. The summed E-state index contributed by atoms with van der Waals surface area (Å²) in [6, 6.07) is 10.4. The minimum absolute atomic E-state index is 0.441. The number of benzene rings is 1. The molecule has 1 aromatic heterocycles. The van der Waals surface area contributed by atoms with E-state index in [1.165, 1.54) is 32.1 Å². The van der Waals surface area contributed by atoms with E-state index < -0.39 is 0 Å². The smallest absolute Gasteiger partial charge is 0.139 e. The first-order chi connectivity index (χ1) is 9.83. The average molecular weight is 288 g/mol. The minimum atomic E-state index is 0.441. The van der Waals surface area contributed by atoms with Gasteiger partial charge < -0.3 is 4.98 Å². The fourth-order valence-corrected chi connectivity index (χ4v) is 2.77. The van der Waals surface area contributed by atoms with E-state index in [2.05, 4.69) is 15.0 Å². The summed E-state index contributed by atoms with van der Waals surface area (Å²) in [6.45, 7) is 0. The molecule has 0 bridgehead atoms. The monoisotopic (exact) mass is 287 g/mol. The van der Waals surface area contributed by atoms with Crippen molar-refractivity contribution in [3.05, 3.63) is 41.2 Å². The summed E-state index contributed by atoms with van der Waals surface area (Å²) in [4.78, 5) is 12.3. The molecule has 1 N–H and O–H groups in total. The van der Waals surface area contributed by atoms with Gasteiger partial charge in [-0.15, -0.1) is 0 Å². The molecule has 0 aliphatic heterocycles. The zero-order valence-corrected chi connectivity index (χ0v) is 12.1. The van der Waals surface area contributed by atoms with Crippen molar-refractivity contribution in [2.24, 2.45) is 4.99 Å². The normalized spacial score (nSPS) is 16.9. The van der Waals surface area contributed by atoms with E-state index in [1.807, 2.05) is 36.5 Å². The SMILES string of the molecule is Clc1[nH]c(-c2ccccc2)nc1C=NC1CCCCC1. The lowest BCUT2D eigenvalue weighted by Gasteiger charge is -2.16. The molecule has 0 unspecified atom stereocenters. The van der Waals surface area contributed by atoms with Gasteiger partial charge in [0.1, 0.15) is 16.7 Å². The lowest BCUT2D eigenvalue weighted by atomic mass is 9.96. The number of hydrogen-bond acceptors (Lipinski definition) is 2. The van der Waals surface area contributed by atoms with Gasteiger partial charge in [0, 0.05) is 5.56 Å². The van der Waals surface area contributed by atoms with Crippen molar-refractivity contribution in [1.82, 2.24) is 9.97 Å². The molecular weight excluding hydrogens is 270 g/mol. The van der Waals surface area contributed by atoms with Crippen LogP contribution in [0.25, 0.3) is 11.4 Å². The van der Waals surface area contributed by atoms with Crippen LogP contribution in [0.1, 0.15) is 37.8 Å². The highest BCUT2D eigenvalue weighted by molar-refractivity contribution is 6.31. The third-order valence-electron chi connectivity index (χ3n) is 3.71. The molecule has 4 heteroatoms. The van der Waals surface area contributed by atoms with Gasteiger partial charge in [0.15, 0.2) is 0 Å². The van der Waals surface area contributed by atoms with Gasteiger partial charge in [0.2, 0.25) is 0 Å². The molecule has 3 nitrogen and oxygen atoms in total. The number of imidazole rings is 1. The van der Waals surface area contributed by atoms with Gasteiger partial charge in [-0.3, -0.25) is 4.99 Å². The third kappa shape index (κ3) is 3.10. The van der Waals surface area contributed by atoms with Gasteiger partial charge in [0.25, 0.3) is 0 Å². The second-order valence-electron chi connectivity index (χ2n) is 5.22. The predicted molar refractivity (Wildman–Crippen MR) is 83.5 cm³/mol. The van der Waals surface area contributed by atoms with Crippen LogP contribution in [0.3, 0.4) is 0 Å². The van der Waals surface area contributed by atoms with Crippen molar-refractivity contribution >= 4 is 17.8 Å². The number of aromatic nitrogens is 2. The highest BCUT2D eigenvalue weighted by atomic mass is 35.5. The van der Waals surface area contributed by atoms with Crippen LogP contribution in [0.5, 0.6) is 0 Å². The second kappa shape index (κ2) is 6.23. The number of nitrogens with one attached hydrogen (secondary N) is 1. The summed E-state index contributed by atoms with van der Waals surface area (Å²) in [5, 5.41) is 0.559. The van der Waals surface area contributed by atoms with Crippen LogP contribution in [0, 0.1) is 0 Å². The average Bonchev–Trinajstić information content (AvgIpc) is 2.88. The Kier molecular flexibility index (Phi) is 4.16. The van der Waals surface area contributed by atoms with Crippen LogP contribution in [0.15, 0.2) is 35.3 Å². The molecule has 1 heterocycles. The van der Waals surface area contributed by atoms with Crippen LogP contribution in [0.4, 0.5) is 0 Å². The molecule has 1 saturated carbocycles. The Labute approximate surface area is 124 Å². The molecule has 0 spiro atoms. The molecule has 20 heavy (non-hydrogen) atoms. The van der Waals surface area contributed by atoms with Crippen LogP contribution >= 0.6 is 11.6 Å². The van der Waals surface area contributed by atoms with E-state index >= 15 is 0 Å². The molecule has 2 aromatic rings. The van der Waals surface area contributed by atoms with Crippen LogP contribution in [-0.2, 0) is 0 Å². The van der Waals surface area contributed by atoms with Crippen LogP contribution < -0.4 is 0 Å². The van der Waals surface area contributed by atoms with Crippen LogP contribution in [0.2, 0.25) is 5.15 Å². The highest BCUT2D eigenvalue weighted by Gasteiger charge is 2.12. The summed E-state index contributed by atoms with van der Waals surface area (Å²) < 4.78 is 0. The third-order valence-corrected chi connectivity index (χ3v) is 4.00. The molecule has 0 atom stereocenters. The summed E-state index contributed by atoms with van der Waals surface area (Å²) in [6.07, 6.45) is 8.10. The molecule has 0 radical (unpaired) electrons.